The molecule has 0 saturated heterocycles. The van der Waals surface area contributed by atoms with E-state index in [-0.39, 0.29) is 0 Å². The van der Waals surface area contributed by atoms with Crippen LogP contribution in [0.5, 0.6) is 0 Å². The summed E-state index contributed by atoms with van der Waals surface area (Å²) in [4.78, 5) is 9.25. The third kappa shape index (κ3) is 3.57. The van der Waals surface area contributed by atoms with Gasteiger partial charge < -0.3 is 5.32 Å². The first kappa shape index (κ1) is 15.0. The Morgan fingerprint density at radius 3 is 2.60 bits per heavy atom. The lowest BCUT2D eigenvalue weighted by Crippen LogP contribution is -2.05. The molecule has 0 aliphatic heterocycles. The second kappa shape index (κ2) is 6.84. The molecule has 0 fully saturated rings. The molecule has 0 radical (unpaired) electrons. The van der Waals surface area contributed by atoms with Crippen molar-refractivity contribution < 1.29 is 0 Å². The van der Waals surface area contributed by atoms with Crippen LogP contribution < -0.4 is 5.32 Å². The van der Waals surface area contributed by atoms with E-state index in [1.54, 1.807) is 0 Å². The normalized spacial score (nSPS) is 10.6. The van der Waals surface area contributed by atoms with E-state index in [0.717, 1.165) is 46.8 Å². The Morgan fingerprint density at radius 1 is 1.15 bits per heavy atom. The lowest BCUT2D eigenvalue weighted by molar-refractivity contribution is 0.951. The molecule has 20 heavy (non-hydrogen) atoms. The highest BCUT2D eigenvalue weighted by Crippen LogP contribution is 2.24. The third-order valence-corrected chi connectivity index (χ3v) is 3.98. The quantitative estimate of drug-likeness (QED) is 0.868. The summed E-state index contributed by atoms with van der Waals surface area (Å²) in [6, 6.07) is 8.26. The number of halogens is 1. The SMILES string of the molecule is CCCNc1cc(CC)nc(-c2ccc(C)c(Br)c2)n1. The molecule has 1 N–H and O–H groups in total. The van der Waals surface area contributed by atoms with Gasteiger partial charge in [-0.3, -0.25) is 0 Å². The van der Waals surface area contributed by atoms with E-state index in [9.17, 15) is 0 Å². The van der Waals surface area contributed by atoms with Gasteiger partial charge in [-0.1, -0.05) is 41.9 Å². The molecule has 0 spiro atoms. The fourth-order valence-corrected chi connectivity index (χ4v) is 2.26. The topological polar surface area (TPSA) is 37.8 Å². The lowest BCUT2D eigenvalue weighted by Gasteiger charge is -2.09. The van der Waals surface area contributed by atoms with Crippen molar-refractivity contribution >= 4 is 21.7 Å². The summed E-state index contributed by atoms with van der Waals surface area (Å²) >= 11 is 3.57. The molecule has 0 amide bonds. The number of aromatic nitrogens is 2. The Bertz CT molecular complexity index is 596. The molecule has 0 saturated carbocycles. The van der Waals surface area contributed by atoms with Crippen molar-refractivity contribution in [3.63, 3.8) is 0 Å². The van der Waals surface area contributed by atoms with Crippen LogP contribution in [0.3, 0.4) is 0 Å². The van der Waals surface area contributed by atoms with Crippen LogP contribution in [0.25, 0.3) is 11.4 Å². The van der Waals surface area contributed by atoms with Crippen molar-refractivity contribution in [2.45, 2.75) is 33.6 Å². The van der Waals surface area contributed by atoms with Crippen molar-refractivity contribution in [2.75, 3.05) is 11.9 Å². The number of rotatable bonds is 5. The predicted octanol–water partition coefficient (Wildman–Crippen LogP) is 4.60. The van der Waals surface area contributed by atoms with Gasteiger partial charge in [-0.15, -0.1) is 0 Å². The molecule has 106 valence electrons. The van der Waals surface area contributed by atoms with Crippen LogP contribution >= 0.6 is 15.9 Å². The van der Waals surface area contributed by atoms with E-state index in [0.29, 0.717) is 0 Å². The minimum Gasteiger partial charge on any atom is -0.370 e. The molecule has 0 aliphatic carbocycles. The van der Waals surface area contributed by atoms with Crippen LogP contribution in [0.1, 0.15) is 31.5 Å². The number of hydrogen-bond acceptors (Lipinski definition) is 3. The van der Waals surface area contributed by atoms with Crippen LogP contribution in [0.2, 0.25) is 0 Å². The molecule has 0 atom stereocenters. The third-order valence-electron chi connectivity index (χ3n) is 3.13. The minimum absolute atomic E-state index is 0.781. The van der Waals surface area contributed by atoms with Crippen LogP contribution in [-0.2, 0) is 6.42 Å². The summed E-state index contributed by atoms with van der Waals surface area (Å²) in [5.74, 6) is 1.69. The molecule has 1 aromatic heterocycles. The monoisotopic (exact) mass is 333 g/mol. The molecule has 2 rings (SSSR count). The first-order valence-electron chi connectivity index (χ1n) is 7.02. The molecule has 0 aliphatic rings. The predicted molar refractivity (Wildman–Crippen MR) is 88.1 cm³/mol. The molecule has 1 aromatic carbocycles. The van der Waals surface area contributed by atoms with Gasteiger partial charge in [0.05, 0.1) is 0 Å². The van der Waals surface area contributed by atoms with Gasteiger partial charge in [0.25, 0.3) is 0 Å². The van der Waals surface area contributed by atoms with Crippen molar-refractivity contribution in [1.29, 1.82) is 0 Å². The number of nitrogens with zero attached hydrogens (tertiary/aromatic N) is 2. The Morgan fingerprint density at radius 2 is 1.95 bits per heavy atom. The molecule has 0 bridgehead atoms. The van der Waals surface area contributed by atoms with Crippen LogP contribution in [0.4, 0.5) is 5.82 Å². The highest BCUT2D eigenvalue weighted by atomic mass is 79.9. The van der Waals surface area contributed by atoms with Crippen molar-refractivity contribution in [2.24, 2.45) is 0 Å². The van der Waals surface area contributed by atoms with E-state index in [4.69, 9.17) is 0 Å². The van der Waals surface area contributed by atoms with Crippen molar-refractivity contribution in [1.82, 2.24) is 9.97 Å². The largest absolute Gasteiger partial charge is 0.370 e. The number of nitrogens with one attached hydrogen (secondary N) is 1. The zero-order chi connectivity index (χ0) is 14.5. The molecule has 3 nitrogen and oxygen atoms in total. The minimum atomic E-state index is 0.781. The standard InChI is InChI=1S/C16H20BrN3/c1-4-8-18-15-10-13(5-2)19-16(20-15)12-7-6-11(3)14(17)9-12/h6-7,9-10H,4-5,8H2,1-3H3,(H,18,19,20). The highest BCUT2D eigenvalue weighted by molar-refractivity contribution is 9.10. The lowest BCUT2D eigenvalue weighted by atomic mass is 10.1. The molecule has 0 unspecified atom stereocenters. The van der Waals surface area contributed by atoms with Crippen molar-refractivity contribution in [3.05, 3.63) is 40.0 Å². The Hall–Kier alpha value is -1.42. The molecular weight excluding hydrogens is 314 g/mol. The van der Waals surface area contributed by atoms with Gasteiger partial charge in [0.2, 0.25) is 0 Å². The summed E-state index contributed by atoms with van der Waals surface area (Å²) in [6.07, 6.45) is 1.99. The first-order valence-corrected chi connectivity index (χ1v) is 7.81. The van der Waals surface area contributed by atoms with Gasteiger partial charge >= 0.3 is 0 Å². The average Bonchev–Trinajstić information content (AvgIpc) is 2.47. The zero-order valence-electron chi connectivity index (χ0n) is 12.2. The smallest absolute Gasteiger partial charge is 0.161 e. The van der Waals surface area contributed by atoms with Crippen LogP contribution in [0, 0.1) is 6.92 Å². The molecular formula is C16H20BrN3. The maximum absolute atomic E-state index is 4.63. The number of benzene rings is 1. The highest BCUT2D eigenvalue weighted by Gasteiger charge is 2.07. The van der Waals surface area contributed by atoms with Gasteiger partial charge in [0, 0.05) is 28.3 Å². The van der Waals surface area contributed by atoms with Gasteiger partial charge in [0.1, 0.15) is 5.82 Å². The average molecular weight is 334 g/mol. The van der Waals surface area contributed by atoms with Gasteiger partial charge in [-0.2, -0.15) is 0 Å². The van der Waals surface area contributed by atoms with E-state index in [2.05, 4.69) is 70.2 Å². The van der Waals surface area contributed by atoms with Crippen LogP contribution in [0.15, 0.2) is 28.7 Å². The van der Waals surface area contributed by atoms with Crippen molar-refractivity contribution in [3.8, 4) is 11.4 Å². The molecule has 1 heterocycles. The Kier molecular flexibility index (Phi) is 5.12. The second-order valence-corrected chi connectivity index (χ2v) is 5.67. The first-order chi connectivity index (χ1) is 9.63. The summed E-state index contributed by atoms with van der Waals surface area (Å²) in [6.45, 7) is 7.26. The van der Waals surface area contributed by atoms with Gasteiger partial charge in [-0.25, -0.2) is 9.97 Å². The summed E-state index contributed by atoms with van der Waals surface area (Å²) < 4.78 is 1.09. The number of hydrogen-bond donors (Lipinski definition) is 1. The Labute approximate surface area is 129 Å². The van der Waals surface area contributed by atoms with E-state index in [1.807, 2.05) is 6.07 Å². The maximum Gasteiger partial charge on any atom is 0.161 e. The fourth-order valence-electron chi connectivity index (χ4n) is 1.88. The Balaban J connectivity index is 2.41. The number of anilines is 1. The molecule has 2 aromatic rings. The number of aryl methyl sites for hydroxylation is 2. The fraction of sp³-hybridized carbons (Fsp3) is 0.375. The zero-order valence-corrected chi connectivity index (χ0v) is 13.8. The summed E-state index contributed by atoms with van der Waals surface area (Å²) in [7, 11) is 0. The summed E-state index contributed by atoms with van der Waals surface area (Å²) in [5, 5.41) is 3.34. The maximum atomic E-state index is 4.63. The van der Waals surface area contributed by atoms with E-state index in [1.165, 1.54) is 5.56 Å². The van der Waals surface area contributed by atoms with E-state index >= 15 is 0 Å². The molecule has 4 heteroatoms. The van der Waals surface area contributed by atoms with Gasteiger partial charge in [-0.05, 0) is 31.4 Å². The van der Waals surface area contributed by atoms with Gasteiger partial charge in [0.15, 0.2) is 5.82 Å². The second-order valence-electron chi connectivity index (χ2n) is 4.81. The van der Waals surface area contributed by atoms with E-state index < -0.39 is 0 Å². The van der Waals surface area contributed by atoms with Crippen LogP contribution in [-0.4, -0.2) is 16.5 Å². The summed E-state index contributed by atoms with van der Waals surface area (Å²) in [5.41, 5.74) is 3.31.